The summed E-state index contributed by atoms with van der Waals surface area (Å²) in [5.74, 6) is -0.951. The van der Waals surface area contributed by atoms with E-state index >= 15 is 0 Å². The van der Waals surface area contributed by atoms with Gasteiger partial charge in [-0.1, -0.05) is 57.6 Å². The molecule has 136 valence electrons. The first-order chi connectivity index (χ1) is 11.0. The third kappa shape index (κ3) is 17.4. The van der Waals surface area contributed by atoms with E-state index in [4.69, 9.17) is 0 Å². The van der Waals surface area contributed by atoms with Crippen LogP contribution in [0.3, 0.4) is 0 Å². The average molecular weight is 326 g/mol. The molecular weight excluding hydrogens is 286 g/mol. The number of rotatable bonds is 16. The molecule has 0 saturated carbocycles. The second-order valence-electron chi connectivity index (χ2n) is 7.42. The van der Waals surface area contributed by atoms with Gasteiger partial charge < -0.3 is 14.4 Å². The van der Waals surface area contributed by atoms with Crippen molar-refractivity contribution in [2.75, 3.05) is 27.2 Å². The molecule has 0 aliphatic rings. The molecule has 0 radical (unpaired) electrons. The maximum absolute atomic E-state index is 10.6. The van der Waals surface area contributed by atoms with Gasteiger partial charge in [0.1, 0.15) is 6.54 Å². The fourth-order valence-electron chi connectivity index (χ4n) is 2.86. The van der Waals surface area contributed by atoms with Gasteiger partial charge in [0.15, 0.2) is 0 Å². The quantitative estimate of drug-likeness (QED) is 0.244. The molecular formula is C20H39NO2. The Kier molecular flexibility index (Phi) is 14.2. The van der Waals surface area contributed by atoms with Crippen LogP contribution in [0.2, 0.25) is 0 Å². The van der Waals surface area contributed by atoms with Crippen molar-refractivity contribution in [3.8, 4) is 0 Å². The molecule has 3 nitrogen and oxygen atoms in total. The highest BCUT2D eigenvalue weighted by atomic mass is 16.4. The van der Waals surface area contributed by atoms with E-state index in [1.165, 1.54) is 70.6 Å². The summed E-state index contributed by atoms with van der Waals surface area (Å²) in [6.07, 6.45) is 20.1. The minimum Gasteiger partial charge on any atom is -0.544 e. The number of quaternary nitrogens is 1. The molecule has 0 bridgehead atoms. The van der Waals surface area contributed by atoms with Crippen molar-refractivity contribution >= 4 is 5.97 Å². The molecule has 0 unspecified atom stereocenters. The third-order valence-corrected chi connectivity index (χ3v) is 4.33. The van der Waals surface area contributed by atoms with Crippen LogP contribution in [0.4, 0.5) is 0 Å². The molecule has 0 aromatic rings. The molecule has 0 saturated heterocycles. The molecule has 23 heavy (non-hydrogen) atoms. The van der Waals surface area contributed by atoms with Gasteiger partial charge in [0, 0.05) is 0 Å². The van der Waals surface area contributed by atoms with Crippen LogP contribution in [0.1, 0.15) is 84.0 Å². The number of nitrogens with zero attached hydrogens (tertiary/aromatic N) is 1. The SMILES string of the molecule is CCCCCC/C=C/CCCCCCCC[N+](C)(C)CC(=O)[O-]. The first-order valence-corrected chi connectivity index (χ1v) is 9.65. The normalized spacial score (nSPS) is 12.1. The van der Waals surface area contributed by atoms with E-state index in [0.717, 1.165) is 13.0 Å². The van der Waals surface area contributed by atoms with E-state index in [0.29, 0.717) is 4.48 Å². The van der Waals surface area contributed by atoms with Crippen LogP contribution >= 0.6 is 0 Å². The fraction of sp³-hybridized carbons (Fsp3) is 0.850. The summed E-state index contributed by atoms with van der Waals surface area (Å²) in [7, 11) is 3.93. The number of carbonyl (C=O) groups excluding carboxylic acids is 1. The van der Waals surface area contributed by atoms with Crippen molar-refractivity contribution < 1.29 is 14.4 Å². The second kappa shape index (κ2) is 14.7. The van der Waals surface area contributed by atoms with Gasteiger partial charge in [-0.15, -0.1) is 0 Å². The van der Waals surface area contributed by atoms with Crippen LogP contribution in [0.25, 0.3) is 0 Å². The minimum atomic E-state index is -0.951. The van der Waals surface area contributed by atoms with Crippen LogP contribution in [0.5, 0.6) is 0 Å². The van der Waals surface area contributed by atoms with Crippen LogP contribution < -0.4 is 5.11 Å². The molecule has 0 N–H and O–H groups in total. The Labute approximate surface area is 144 Å². The number of carbonyl (C=O) groups is 1. The number of allylic oxidation sites excluding steroid dienone is 2. The highest BCUT2D eigenvalue weighted by molar-refractivity contribution is 5.65. The van der Waals surface area contributed by atoms with Crippen molar-refractivity contribution in [1.82, 2.24) is 0 Å². The highest BCUT2D eigenvalue weighted by Crippen LogP contribution is 2.10. The van der Waals surface area contributed by atoms with E-state index in [9.17, 15) is 9.90 Å². The first-order valence-electron chi connectivity index (χ1n) is 9.65. The lowest BCUT2D eigenvalue weighted by atomic mass is 10.1. The van der Waals surface area contributed by atoms with Gasteiger partial charge >= 0.3 is 0 Å². The van der Waals surface area contributed by atoms with Gasteiger partial charge in [-0.3, -0.25) is 0 Å². The Morgan fingerprint density at radius 2 is 1.30 bits per heavy atom. The largest absolute Gasteiger partial charge is 0.544 e. The minimum absolute atomic E-state index is 0.116. The lowest BCUT2D eigenvalue weighted by Crippen LogP contribution is -2.48. The number of hydrogen-bond donors (Lipinski definition) is 0. The van der Waals surface area contributed by atoms with E-state index in [2.05, 4.69) is 19.1 Å². The molecule has 0 amide bonds. The molecule has 0 aliphatic heterocycles. The van der Waals surface area contributed by atoms with Gasteiger partial charge in [0.2, 0.25) is 0 Å². The van der Waals surface area contributed by atoms with Crippen molar-refractivity contribution in [3.05, 3.63) is 12.2 Å². The number of carboxylic acids is 1. The molecule has 0 fully saturated rings. The zero-order valence-electron chi connectivity index (χ0n) is 15.8. The molecule has 0 heterocycles. The summed E-state index contributed by atoms with van der Waals surface area (Å²) < 4.78 is 0.533. The smallest absolute Gasteiger partial charge is 0.119 e. The summed E-state index contributed by atoms with van der Waals surface area (Å²) in [5, 5.41) is 10.6. The molecule has 0 aromatic carbocycles. The van der Waals surface area contributed by atoms with Crippen LogP contribution in [-0.2, 0) is 4.79 Å². The number of hydrogen-bond acceptors (Lipinski definition) is 2. The second-order valence-corrected chi connectivity index (χ2v) is 7.42. The molecule has 0 atom stereocenters. The number of carboxylic acid groups (broad SMARTS) is 1. The average Bonchev–Trinajstić information content (AvgIpc) is 2.46. The van der Waals surface area contributed by atoms with Crippen LogP contribution in [0.15, 0.2) is 12.2 Å². The predicted molar refractivity (Wildman–Crippen MR) is 97.1 cm³/mol. The molecule has 0 spiro atoms. The predicted octanol–water partition coefficient (Wildman–Crippen LogP) is 4.07. The number of likely N-dealkylation sites (N-methyl/N-ethyl adjacent to an activating group) is 1. The Bertz CT molecular complexity index is 311. The first kappa shape index (κ1) is 22.2. The monoisotopic (exact) mass is 325 g/mol. The number of aliphatic carboxylic acids is 1. The van der Waals surface area contributed by atoms with Crippen molar-refractivity contribution in [2.45, 2.75) is 84.0 Å². The van der Waals surface area contributed by atoms with Gasteiger partial charge in [0.25, 0.3) is 0 Å². The third-order valence-electron chi connectivity index (χ3n) is 4.33. The van der Waals surface area contributed by atoms with Gasteiger partial charge in [-0.2, -0.15) is 0 Å². The molecule has 0 aromatic heterocycles. The lowest BCUT2D eigenvalue weighted by molar-refractivity contribution is -0.885. The highest BCUT2D eigenvalue weighted by Gasteiger charge is 2.14. The zero-order chi connectivity index (χ0) is 17.4. The lowest BCUT2D eigenvalue weighted by Gasteiger charge is -2.30. The summed E-state index contributed by atoms with van der Waals surface area (Å²) in [5.41, 5.74) is 0. The summed E-state index contributed by atoms with van der Waals surface area (Å²) in [6.45, 7) is 3.29. The van der Waals surface area contributed by atoms with Crippen molar-refractivity contribution in [2.24, 2.45) is 0 Å². The van der Waals surface area contributed by atoms with Crippen molar-refractivity contribution in [1.29, 1.82) is 0 Å². The fourth-order valence-corrected chi connectivity index (χ4v) is 2.86. The molecule has 3 heteroatoms. The maximum atomic E-state index is 10.6. The summed E-state index contributed by atoms with van der Waals surface area (Å²) >= 11 is 0. The Balaban J connectivity index is 3.30. The van der Waals surface area contributed by atoms with E-state index < -0.39 is 5.97 Å². The molecule has 0 rings (SSSR count). The molecule has 0 aliphatic carbocycles. The summed E-state index contributed by atoms with van der Waals surface area (Å²) in [6, 6.07) is 0. The van der Waals surface area contributed by atoms with E-state index in [1.54, 1.807) is 0 Å². The zero-order valence-corrected chi connectivity index (χ0v) is 15.8. The van der Waals surface area contributed by atoms with Gasteiger partial charge in [0.05, 0.1) is 26.6 Å². The maximum Gasteiger partial charge on any atom is 0.119 e. The van der Waals surface area contributed by atoms with E-state index in [-0.39, 0.29) is 6.54 Å². The Morgan fingerprint density at radius 1 is 0.826 bits per heavy atom. The standard InChI is InChI=1S/C20H39NO2/c1-4-5-6-7-8-9-10-11-12-13-14-15-16-17-18-21(2,3)19-20(22)23/h9-10H,4-8,11-19H2,1-3H3/b10-9+. The summed E-state index contributed by atoms with van der Waals surface area (Å²) in [4.78, 5) is 10.6. The van der Waals surface area contributed by atoms with Gasteiger partial charge in [-0.25, -0.2) is 0 Å². The topological polar surface area (TPSA) is 40.1 Å². The van der Waals surface area contributed by atoms with E-state index in [1.807, 2.05) is 14.1 Å². The Hall–Kier alpha value is -0.830. The van der Waals surface area contributed by atoms with Gasteiger partial charge in [-0.05, 0) is 38.5 Å². The number of unbranched alkanes of at least 4 members (excludes halogenated alkanes) is 10. The van der Waals surface area contributed by atoms with Crippen LogP contribution in [-0.4, -0.2) is 37.6 Å². The van der Waals surface area contributed by atoms with Crippen molar-refractivity contribution in [3.63, 3.8) is 0 Å². The Morgan fingerprint density at radius 3 is 1.83 bits per heavy atom. The van der Waals surface area contributed by atoms with Crippen LogP contribution in [0, 0.1) is 0 Å².